The lowest BCUT2D eigenvalue weighted by molar-refractivity contribution is -0.136. The molecule has 0 spiro atoms. The standard InChI is InChI=1S/C27H30N4O3/c1-34-26(33)13-11-21-17-30(24-12-10-20(27(28)29)16-23(21)24)18-25(32)31-14-6-5-9-22(31)15-19-7-3-2-4-8-19/h2-4,7-8,10-13,16-17,22H,5-6,9,14-15,18H2,1H3,(H3,28,29)/b13-11+. The molecule has 1 aliphatic rings. The molecule has 1 atom stereocenters. The number of nitrogens with two attached hydrogens (primary N) is 1. The van der Waals surface area contributed by atoms with Gasteiger partial charge in [0, 0.05) is 46.9 Å². The van der Waals surface area contributed by atoms with E-state index in [1.165, 1.54) is 18.7 Å². The van der Waals surface area contributed by atoms with Gasteiger partial charge in [0.2, 0.25) is 5.91 Å². The number of esters is 1. The average molecular weight is 459 g/mol. The number of nitrogens with one attached hydrogen (secondary N) is 1. The van der Waals surface area contributed by atoms with E-state index < -0.39 is 5.97 Å². The Hall–Kier alpha value is -3.87. The number of likely N-dealkylation sites (tertiary alicyclic amines) is 1. The predicted octanol–water partition coefficient (Wildman–Crippen LogP) is 3.74. The van der Waals surface area contributed by atoms with Crippen LogP contribution in [-0.4, -0.2) is 46.9 Å². The molecular weight excluding hydrogens is 428 g/mol. The zero-order valence-corrected chi connectivity index (χ0v) is 19.4. The molecule has 1 fully saturated rings. The highest BCUT2D eigenvalue weighted by Gasteiger charge is 2.27. The van der Waals surface area contributed by atoms with Gasteiger partial charge in [0.1, 0.15) is 12.4 Å². The maximum absolute atomic E-state index is 13.5. The van der Waals surface area contributed by atoms with E-state index in [2.05, 4.69) is 12.1 Å². The normalized spacial score (nSPS) is 16.1. The Labute approximate surface area is 199 Å². The number of nitrogen functional groups attached to an aromatic ring is 1. The lowest BCUT2D eigenvalue weighted by atomic mass is 9.95. The highest BCUT2D eigenvalue weighted by molar-refractivity contribution is 6.01. The highest BCUT2D eigenvalue weighted by Crippen LogP contribution is 2.26. The number of hydrogen-bond acceptors (Lipinski definition) is 4. The number of methoxy groups -OCH3 is 1. The van der Waals surface area contributed by atoms with Gasteiger partial charge in [-0.2, -0.15) is 0 Å². The number of amidine groups is 1. The Kier molecular flexibility index (Phi) is 7.11. The number of hydrogen-bond donors (Lipinski definition) is 2. The summed E-state index contributed by atoms with van der Waals surface area (Å²) in [4.78, 5) is 27.1. The number of amides is 1. The van der Waals surface area contributed by atoms with Crippen LogP contribution in [0.25, 0.3) is 17.0 Å². The quantitative estimate of drug-likeness (QED) is 0.244. The van der Waals surface area contributed by atoms with Crippen LogP contribution in [0.4, 0.5) is 0 Å². The van der Waals surface area contributed by atoms with Crippen molar-refractivity contribution in [2.45, 2.75) is 38.3 Å². The van der Waals surface area contributed by atoms with E-state index in [-0.39, 0.29) is 24.3 Å². The van der Waals surface area contributed by atoms with E-state index in [0.29, 0.717) is 5.56 Å². The first-order chi connectivity index (χ1) is 16.5. The first-order valence-electron chi connectivity index (χ1n) is 11.5. The fourth-order valence-corrected chi connectivity index (χ4v) is 4.65. The number of ether oxygens (including phenoxy) is 1. The van der Waals surface area contributed by atoms with E-state index >= 15 is 0 Å². The lowest BCUT2D eigenvalue weighted by Gasteiger charge is -2.36. The van der Waals surface area contributed by atoms with Gasteiger partial charge in [0.15, 0.2) is 0 Å². The molecule has 3 N–H and O–H groups in total. The van der Waals surface area contributed by atoms with Crippen LogP contribution >= 0.6 is 0 Å². The summed E-state index contributed by atoms with van der Waals surface area (Å²) in [6.07, 6.45) is 8.88. The van der Waals surface area contributed by atoms with Crippen molar-refractivity contribution in [3.05, 3.63) is 77.5 Å². The molecule has 1 unspecified atom stereocenters. The van der Waals surface area contributed by atoms with Crippen LogP contribution in [0.3, 0.4) is 0 Å². The van der Waals surface area contributed by atoms with Crippen molar-refractivity contribution >= 4 is 34.7 Å². The molecule has 0 radical (unpaired) electrons. The molecule has 1 aliphatic heterocycles. The SMILES string of the molecule is COC(=O)/C=C/c1cn(CC(=O)N2CCCCC2Cc2ccccc2)c2ccc(C(=N)N)cc12. The van der Waals surface area contributed by atoms with Crippen molar-refractivity contribution in [2.24, 2.45) is 5.73 Å². The Morgan fingerprint density at radius 1 is 1.18 bits per heavy atom. The van der Waals surface area contributed by atoms with Crippen LogP contribution in [0.2, 0.25) is 0 Å². The third-order valence-electron chi connectivity index (χ3n) is 6.39. The molecule has 1 amide bonds. The van der Waals surface area contributed by atoms with Gasteiger partial charge in [-0.3, -0.25) is 10.2 Å². The van der Waals surface area contributed by atoms with E-state index in [4.69, 9.17) is 15.9 Å². The summed E-state index contributed by atoms with van der Waals surface area (Å²) in [5.74, 6) is -0.417. The Balaban J connectivity index is 1.62. The number of benzene rings is 2. The third kappa shape index (κ3) is 5.20. The fraction of sp³-hybridized carbons (Fsp3) is 0.296. The number of aromatic nitrogens is 1. The number of carbonyl (C=O) groups excluding carboxylic acids is 2. The summed E-state index contributed by atoms with van der Waals surface area (Å²) in [6, 6.07) is 16.0. The molecule has 34 heavy (non-hydrogen) atoms. The number of rotatable bonds is 7. The van der Waals surface area contributed by atoms with Crippen LogP contribution < -0.4 is 5.73 Å². The fourth-order valence-electron chi connectivity index (χ4n) is 4.65. The van der Waals surface area contributed by atoms with Gasteiger partial charge < -0.3 is 19.9 Å². The summed E-state index contributed by atoms with van der Waals surface area (Å²) >= 11 is 0. The van der Waals surface area contributed by atoms with Gasteiger partial charge in [-0.25, -0.2) is 4.79 Å². The maximum atomic E-state index is 13.5. The summed E-state index contributed by atoms with van der Waals surface area (Å²) in [6.45, 7) is 0.965. The Morgan fingerprint density at radius 2 is 1.97 bits per heavy atom. The van der Waals surface area contributed by atoms with Gasteiger partial charge in [0.05, 0.1) is 7.11 Å². The van der Waals surface area contributed by atoms with Crippen molar-refractivity contribution in [1.82, 2.24) is 9.47 Å². The minimum Gasteiger partial charge on any atom is -0.466 e. The first kappa shape index (κ1) is 23.3. The van der Waals surface area contributed by atoms with Crippen LogP contribution in [0, 0.1) is 5.41 Å². The monoisotopic (exact) mass is 458 g/mol. The topological polar surface area (TPSA) is 101 Å². The van der Waals surface area contributed by atoms with Crippen molar-refractivity contribution in [2.75, 3.05) is 13.7 Å². The molecule has 176 valence electrons. The van der Waals surface area contributed by atoms with Gasteiger partial charge in [-0.15, -0.1) is 0 Å². The number of fused-ring (bicyclic) bond motifs is 1. The Morgan fingerprint density at radius 3 is 2.71 bits per heavy atom. The molecule has 0 aliphatic carbocycles. The van der Waals surface area contributed by atoms with E-state index in [1.807, 2.05) is 46.0 Å². The molecule has 1 saturated heterocycles. The molecular formula is C27H30N4O3. The van der Waals surface area contributed by atoms with Gasteiger partial charge in [-0.1, -0.05) is 30.3 Å². The van der Waals surface area contributed by atoms with Gasteiger partial charge in [-0.05, 0) is 55.5 Å². The third-order valence-corrected chi connectivity index (χ3v) is 6.39. The van der Waals surface area contributed by atoms with Gasteiger partial charge >= 0.3 is 5.97 Å². The summed E-state index contributed by atoms with van der Waals surface area (Å²) in [7, 11) is 1.33. The molecule has 1 aromatic heterocycles. The predicted molar refractivity (Wildman–Crippen MR) is 134 cm³/mol. The van der Waals surface area contributed by atoms with Crippen molar-refractivity contribution in [3.8, 4) is 0 Å². The van der Waals surface area contributed by atoms with Crippen LogP contribution in [0.5, 0.6) is 0 Å². The zero-order chi connectivity index (χ0) is 24.1. The average Bonchev–Trinajstić information content (AvgIpc) is 3.19. The van der Waals surface area contributed by atoms with Crippen LogP contribution in [0.15, 0.2) is 60.8 Å². The molecule has 0 bridgehead atoms. The van der Waals surface area contributed by atoms with Crippen LogP contribution in [0.1, 0.15) is 36.0 Å². The molecule has 0 saturated carbocycles. The second kappa shape index (κ2) is 10.4. The minimum absolute atomic E-state index is 0.0364. The maximum Gasteiger partial charge on any atom is 0.330 e. The van der Waals surface area contributed by atoms with E-state index in [1.54, 1.807) is 12.1 Å². The number of piperidine rings is 1. The second-order valence-corrected chi connectivity index (χ2v) is 8.64. The largest absolute Gasteiger partial charge is 0.466 e. The summed E-state index contributed by atoms with van der Waals surface area (Å²) in [5.41, 5.74) is 9.12. The number of nitrogens with zero attached hydrogens (tertiary/aromatic N) is 2. The molecule has 2 aromatic carbocycles. The van der Waals surface area contributed by atoms with Crippen molar-refractivity contribution in [3.63, 3.8) is 0 Å². The zero-order valence-electron chi connectivity index (χ0n) is 19.4. The highest BCUT2D eigenvalue weighted by atomic mass is 16.5. The Bertz CT molecular complexity index is 1230. The van der Waals surface area contributed by atoms with Crippen LogP contribution in [-0.2, 0) is 27.3 Å². The summed E-state index contributed by atoms with van der Waals surface area (Å²) in [5, 5.41) is 8.59. The molecule has 2 heterocycles. The summed E-state index contributed by atoms with van der Waals surface area (Å²) < 4.78 is 6.62. The molecule has 3 aromatic rings. The van der Waals surface area contributed by atoms with Crippen molar-refractivity contribution in [1.29, 1.82) is 5.41 Å². The lowest BCUT2D eigenvalue weighted by Crippen LogP contribution is -2.46. The first-order valence-corrected chi connectivity index (χ1v) is 11.5. The molecule has 7 nitrogen and oxygen atoms in total. The molecule has 4 rings (SSSR count). The van der Waals surface area contributed by atoms with E-state index in [0.717, 1.165) is 48.7 Å². The van der Waals surface area contributed by atoms with E-state index in [9.17, 15) is 9.59 Å². The minimum atomic E-state index is -0.461. The van der Waals surface area contributed by atoms with Gasteiger partial charge in [0.25, 0.3) is 0 Å². The van der Waals surface area contributed by atoms with Crippen molar-refractivity contribution < 1.29 is 14.3 Å². The smallest absolute Gasteiger partial charge is 0.330 e. The molecule has 7 heteroatoms. The number of carbonyl (C=O) groups is 2. The second-order valence-electron chi connectivity index (χ2n) is 8.64.